The second kappa shape index (κ2) is 5.23. The fourth-order valence-electron chi connectivity index (χ4n) is 2.18. The molecule has 18 heavy (non-hydrogen) atoms. The molecular weight excluding hydrogens is 226 g/mol. The standard InChI is InChI=1S/C14H19N3O/c1-10(2)17(8-9-18)13-6-5-12(15)11-4-3-7-16-14(11)13/h3-7,10,18H,8-9,15H2,1-2H3. The largest absolute Gasteiger partial charge is 0.398 e. The summed E-state index contributed by atoms with van der Waals surface area (Å²) in [5, 5.41) is 10.1. The van der Waals surface area contributed by atoms with E-state index in [-0.39, 0.29) is 6.61 Å². The van der Waals surface area contributed by atoms with Crippen LogP contribution in [0.3, 0.4) is 0 Å². The normalized spacial score (nSPS) is 11.1. The molecule has 0 unspecified atom stereocenters. The monoisotopic (exact) mass is 245 g/mol. The third-order valence-corrected chi connectivity index (χ3v) is 3.06. The van der Waals surface area contributed by atoms with E-state index < -0.39 is 0 Å². The number of nitrogens with two attached hydrogens (primary N) is 1. The van der Waals surface area contributed by atoms with Gasteiger partial charge in [-0.25, -0.2) is 0 Å². The molecule has 0 aliphatic heterocycles. The maximum absolute atomic E-state index is 9.19. The second-order valence-corrected chi connectivity index (χ2v) is 4.58. The van der Waals surface area contributed by atoms with Crippen molar-refractivity contribution in [2.75, 3.05) is 23.8 Å². The van der Waals surface area contributed by atoms with Gasteiger partial charge in [-0.2, -0.15) is 0 Å². The third-order valence-electron chi connectivity index (χ3n) is 3.06. The van der Waals surface area contributed by atoms with E-state index in [0.29, 0.717) is 12.6 Å². The van der Waals surface area contributed by atoms with E-state index in [9.17, 15) is 5.11 Å². The van der Waals surface area contributed by atoms with Crippen molar-refractivity contribution in [2.45, 2.75) is 19.9 Å². The predicted octanol–water partition coefficient (Wildman–Crippen LogP) is 2.02. The molecule has 1 aromatic heterocycles. The minimum absolute atomic E-state index is 0.122. The van der Waals surface area contributed by atoms with Crippen LogP contribution in [0.4, 0.5) is 11.4 Å². The Morgan fingerprint density at radius 1 is 1.33 bits per heavy atom. The second-order valence-electron chi connectivity index (χ2n) is 4.58. The quantitative estimate of drug-likeness (QED) is 0.809. The first-order chi connectivity index (χ1) is 8.65. The molecule has 1 heterocycles. The van der Waals surface area contributed by atoms with Gasteiger partial charge < -0.3 is 15.7 Å². The molecule has 0 bridgehead atoms. The van der Waals surface area contributed by atoms with Crippen molar-refractivity contribution >= 4 is 22.3 Å². The predicted molar refractivity (Wildman–Crippen MR) is 75.7 cm³/mol. The topological polar surface area (TPSA) is 62.4 Å². The van der Waals surface area contributed by atoms with Gasteiger partial charge in [0, 0.05) is 29.9 Å². The lowest BCUT2D eigenvalue weighted by molar-refractivity contribution is 0.299. The number of hydrogen-bond acceptors (Lipinski definition) is 4. The highest BCUT2D eigenvalue weighted by Gasteiger charge is 2.14. The van der Waals surface area contributed by atoms with E-state index in [1.807, 2.05) is 24.3 Å². The Kier molecular flexibility index (Phi) is 3.67. The van der Waals surface area contributed by atoms with Gasteiger partial charge >= 0.3 is 0 Å². The first-order valence-electron chi connectivity index (χ1n) is 6.16. The Hall–Kier alpha value is -1.81. The third kappa shape index (κ3) is 2.24. The number of pyridine rings is 1. The molecule has 0 saturated heterocycles. The van der Waals surface area contributed by atoms with Crippen molar-refractivity contribution in [1.29, 1.82) is 0 Å². The smallest absolute Gasteiger partial charge is 0.0956 e. The average Bonchev–Trinajstić information content (AvgIpc) is 2.37. The van der Waals surface area contributed by atoms with Crippen molar-refractivity contribution in [3.8, 4) is 0 Å². The zero-order valence-corrected chi connectivity index (χ0v) is 10.8. The Balaban J connectivity index is 2.59. The lowest BCUT2D eigenvalue weighted by Gasteiger charge is -2.29. The van der Waals surface area contributed by atoms with Crippen LogP contribution in [0, 0.1) is 0 Å². The number of nitrogens with zero attached hydrogens (tertiary/aromatic N) is 2. The van der Waals surface area contributed by atoms with Gasteiger partial charge in [0.2, 0.25) is 0 Å². The van der Waals surface area contributed by atoms with Gasteiger partial charge in [-0.1, -0.05) is 0 Å². The lowest BCUT2D eigenvalue weighted by atomic mass is 10.1. The van der Waals surface area contributed by atoms with E-state index in [4.69, 9.17) is 5.73 Å². The van der Waals surface area contributed by atoms with Gasteiger partial charge in [0.15, 0.2) is 0 Å². The van der Waals surface area contributed by atoms with Gasteiger partial charge in [0.05, 0.1) is 17.8 Å². The van der Waals surface area contributed by atoms with Crippen molar-refractivity contribution in [1.82, 2.24) is 4.98 Å². The molecule has 0 spiro atoms. The summed E-state index contributed by atoms with van der Waals surface area (Å²) in [6.45, 7) is 4.91. The van der Waals surface area contributed by atoms with E-state index >= 15 is 0 Å². The highest BCUT2D eigenvalue weighted by molar-refractivity contribution is 5.98. The van der Waals surface area contributed by atoms with E-state index in [1.54, 1.807) is 6.20 Å². The van der Waals surface area contributed by atoms with Crippen LogP contribution in [-0.4, -0.2) is 29.3 Å². The van der Waals surface area contributed by atoms with Crippen molar-refractivity contribution in [2.24, 2.45) is 0 Å². The zero-order valence-electron chi connectivity index (χ0n) is 10.8. The van der Waals surface area contributed by atoms with Gasteiger partial charge in [-0.05, 0) is 38.1 Å². The van der Waals surface area contributed by atoms with Gasteiger partial charge in [-0.3, -0.25) is 4.98 Å². The molecule has 4 heteroatoms. The molecule has 1 aromatic carbocycles. The number of aliphatic hydroxyl groups excluding tert-OH is 1. The Morgan fingerprint density at radius 2 is 2.11 bits per heavy atom. The van der Waals surface area contributed by atoms with Crippen LogP contribution in [0.25, 0.3) is 10.9 Å². The van der Waals surface area contributed by atoms with Gasteiger partial charge in [-0.15, -0.1) is 0 Å². The molecule has 0 atom stereocenters. The molecule has 2 aromatic rings. The molecule has 3 N–H and O–H groups in total. The van der Waals surface area contributed by atoms with Crippen molar-refractivity contribution in [3.05, 3.63) is 30.5 Å². The zero-order chi connectivity index (χ0) is 13.1. The molecule has 2 rings (SSSR count). The van der Waals surface area contributed by atoms with E-state index in [2.05, 4.69) is 23.7 Å². The molecule has 0 fully saturated rings. The minimum Gasteiger partial charge on any atom is -0.398 e. The number of benzene rings is 1. The van der Waals surface area contributed by atoms with Crippen molar-refractivity contribution in [3.63, 3.8) is 0 Å². The summed E-state index contributed by atoms with van der Waals surface area (Å²) in [6, 6.07) is 8.02. The number of rotatable bonds is 4. The molecule has 0 amide bonds. The summed E-state index contributed by atoms with van der Waals surface area (Å²) in [5.41, 5.74) is 8.60. The number of hydrogen-bond donors (Lipinski definition) is 2. The number of anilines is 2. The lowest BCUT2D eigenvalue weighted by Crippen LogP contribution is -2.33. The van der Waals surface area contributed by atoms with Crippen LogP contribution < -0.4 is 10.6 Å². The summed E-state index contributed by atoms with van der Waals surface area (Å²) in [5.74, 6) is 0. The summed E-state index contributed by atoms with van der Waals surface area (Å²) >= 11 is 0. The Morgan fingerprint density at radius 3 is 2.78 bits per heavy atom. The van der Waals surface area contributed by atoms with Crippen molar-refractivity contribution < 1.29 is 5.11 Å². The molecular formula is C14H19N3O. The summed E-state index contributed by atoms with van der Waals surface area (Å²) in [6.07, 6.45) is 1.77. The van der Waals surface area contributed by atoms with E-state index in [1.165, 1.54) is 0 Å². The fourth-order valence-corrected chi connectivity index (χ4v) is 2.18. The number of aromatic nitrogens is 1. The first-order valence-corrected chi connectivity index (χ1v) is 6.16. The Bertz CT molecular complexity index is 540. The van der Waals surface area contributed by atoms with Crippen LogP contribution in [0.15, 0.2) is 30.5 Å². The maximum atomic E-state index is 9.19. The first kappa shape index (κ1) is 12.6. The SMILES string of the molecule is CC(C)N(CCO)c1ccc(N)c2cccnc12. The number of nitrogen functional groups attached to an aromatic ring is 1. The highest BCUT2D eigenvalue weighted by atomic mass is 16.3. The number of fused-ring (bicyclic) bond motifs is 1. The summed E-state index contributed by atoms with van der Waals surface area (Å²) in [7, 11) is 0. The Labute approximate surface area is 107 Å². The molecule has 96 valence electrons. The fraction of sp³-hybridized carbons (Fsp3) is 0.357. The molecule has 0 radical (unpaired) electrons. The van der Waals surface area contributed by atoms with Crippen LogP contribution in [-0.2, 0) is 0 Å². The minimum atomic E-state index is 0.122. The van der Waals surface area contributed by atoms with Gasteiger partial charge in [0.1, 0.15) is 0 Å². The highest BCUT2D eigenvalue weighted by Crippen LogP contribution is 2.30. The van der Waals surface area contributed by atoms with Crippen LogP contribution in [0.2, 0.25) is 0 Å². The molecule has 4 nitrogen and oxygen atoms in total. The summed E-state index contributed by atoms with van der Waals surface area (Å²) < 4.78 is 0. The van der Waals surface area contributed by atoms with Crippen LogP contribution >= 0.6 is 0 Å². The van der Waals surface area contributed by atoms with E-state index in [0.717, 1.165) is 22.3 Å². The molecule has 0 aliphatic carbocycles. The average molecular weight is 245 g/mol. The summed E-state index contributed by atoms with van der Waals surface area (Å²) in [4.78, 5) is 6.56. The molecule has 0 aliphatic rings. The van der Waals surface area contributed by atoms with Gasteiger partial charge in [0.25, 0.3) is 0 Å². The molecule has 0 saturated carbocycles. The van der Waals surface area contributed by atoms with Crippen LogP contribution in [0.5, 0.6) is 0 Å². The number of aliphatic hydroxyl groups is 1. The van der Waals surface area contributed by atoms with Crippen LogP contribution in [0.1, 0.15) is 13.8 Å². The maximum Gasteiger partial charge on any atom is 0.0956 e.